The normalized spacial score (nSPS) is 11.8. The zero-order valence-electron chi connectivity index (χ0n) is 17.0. The van der Waals surface area contributed by atoms with Crippen LogP contribution in [0.15, 0.2) is 69.0 Å². The highest BCUT2D eigenvalue weighted by Crippen LogP contribution is 2.30. The van der Waals surface area contributed by atoms with E-state index in [-0.39, 0.29) is 33.2 Å². The molecule has 2 aromatic heterocycles. The molecule has 0 spiro atoms. The van der Waals surface area contributed by atoms with Crippen LogP contribution < -0.4 is 15.0 Å². The number of pyridine rings is 1. The fraction of sp³-hybridized carbons (Fsp3) is 0.143. The molecule has 0 amide bonds. The van der Waals surface area contributed by atoms with E-state index in [0.717, 1.165) is 16.7 Å². The Kier molecular flexibility index (Phi) is 5.85. The van der Waals surface area contributed by atoms with Crippen molar-refractivity contribution in [1.82, 2.24) is 9.72 Å². The maximum atomic E-state index is 14.5. The molecule has 0 radical (unpaired) electrons. The first kappa shape index (κ1) is 22.4. The minimum atomic E-state index is -4.01. The van der Waals surface area contributed by atoms with Crippen LogP contribution in [0.2, 0.25) is 0 Å². The number of sulfonamides is 1. The maximum Gasteiger partial charge on any atom is 0.263 e. The van der Waals surface area contributed by atoms with Crippen molar-refractivity contribution >= 4 is 26.7 Å². The Morgan fingerprint density at radius 2 is 1.94 bits per heavy atom. The summed E-state index contributed by atoms with van der Waals surface area (Å²) in [6, 6.07) is 9.92. The second kappa shape index (κ2) is 8.62. The molecule has 12 heteroatoms. The van der Waals surface area contributed by atoms with Crippen molar-refractivity contribution in [3.05, 3.63) is 76.5 Å². The number of hydrogen-bond acceptors (Lipinski definition) is 6. The molecule has 8 nitrogen and oxygen atoms in total. The first-order valence-electron chi connectivity index (χ1n) is 9.43. The summed E-state index contributed by atoms with van der Waals surface area (Å²) in [5.41, 5.74) is -0.577. The van der Waals surface area contributed by atoms with Gasteiger partial charge in [-0.25, -0.2) is 21.6 Å². The van der Waals surface area contributed by atoms with Gasteiger partial charge in [-0.2, -0.15) is 0 Å². The third-order valence-corrected chi connectivity index (χ3v) is 6.17. The number of halogens is 3. The predicted octanol–water partition coefficient (Wildman–Crippen LogP) is 3.73. The molecular weight excluding hydrogens is 463 g/mol. The number of hydrogen-bond donors (Lipinski definition) is 1. The van der Waals surface area contributed by atoms with E-state index in [1.165, 1.54) is 49.8 Å². The Hall–Kier alpha value is -3.80. The van der Waals surface area contributed by atoms with Gasteiger partial charge in [0, 0.05) is 30.0 Å². The summed E-state index contributed by atoms with van der Waals surface area (Å²) in [5, 5.41) is 3.84. The van der Waals surface area contributed by atoms with Crippen LogP contribution in [0.3, 0.4) is 0 Å². The lowest BCUT2D eigenvalue weighted by atomic mass is 10.1. The molecule has 0 unspecified atom stereocenters. The number of nitrogens with zero attached hydrogens (tertiary/aromatic N) is 2. The summed E-state index contributed by atoms with van der Waals surface area (Å²) in [7, 11) is -2.75. The van der Waals surface area contributed by atoms with Crippen molar-refractivity contribution in [2.45, 2.75) is 17.7 Å². The van der Waals surface area contributed by atoms with E-state index in [4.69, 9.17) is 4.74 Å². The molecule has 172 valence electrons. The molecule has 4 aromatic rings. The highest BCUT2D eigenvalue weighted by atomic mass is 32.2. The molecule has 4 rings (SSSR count). The largest absolute Gasteiger partial charge is 0.495 e. The number of anilines is 1. The zero-order valence-corrected chi connectivity index (χ0v) is 17.8. The first-order valence-corrected chi connectivity index (χ1v) is 10.9. The minimum Gasteiger partial charge on any atom is -0.495 e. The van der Waals surface area contributed by atoms with Crippen molar-refractivity contribution in [3.8, 4) is 11.4 Å². The highest BCUT2D eigenvalue weighted by Gasteiger charge is 2.20. The zero-order chi connectivity index (χ0) is 23.8. The summed E-state index contributed by atoms with van der Waals surface area (Å²) in [6.45, 7) is 0. The van der Waals surface area contributed by atoms with E-state index >= 15 is 0 Å². The molecule has 0 saturated carbocycles. The van der Waals surface area contributed by atoms with Gasteiger partial charge in [0.1, 0.15) is 17.8 Å². The summed E-state index contributed by atoms with van der Waals surface area (Å²) < 4.78 is 78.5. The van der Waals surface area contributed by atoms with Crippen molar-refractivity contribution in [1.29, 1.82) is 0 Å². The van der Waals surface area contributed by atoms with Gasteiger partial charge in [-0.3, -0.25) is 14.1 Å². The fourth-order valence-corrected chi connectivity index (χ4v) is 4.38. The van der Waals surface area contributed by atoms with Gasteiger partial charge in [-0.1, -0.05) is 5.16 Å². The molecule has 2 aromatic carbocycles. The van der Waals surface area contributed by atoms with Crippen molar-refractivity contribution < 1.29 is 30.8 Å². The van der Waals surface area contributed by atoms with E-state index < -0.39 is 34.2 Å². The van der Waals surface area contributed by atoms with E-state index in [2.05, 4.69) is 14.4 Å². The van der Waals surface area contributed by atoms with Gasteiger partial charge >= 0.3 is 0 Å². The molecule has 1 N–H and O–H groups in total. The molecule has 0 aliphatic carbocycles. The summed E-state index contributed by atoms with van der Waals surface area (Å²) in [6.07, 6.45) is -2.37. The molecular formula is C21H16F3N3O5S. The average Bonchev–Trinajstić information content (AvgIpc) is 3.26. The number of rotatable bonds is 7. The Labute approximate surface area is 185 Å². The lowest BCUT2D eigenvalue weighted by Crippen LogP contribution is -2.19. The molecule has 0 atom stereocenters. The van der Waals surface area contributed by atoms with E-state index in [1.54, 1.807) is 0 Å². The van der Waals surface area contributed by atoms with Crippen LogP contribution in [0.4, 0.5) is 19.0 Å². The summed E-state index contributed by atoms with van der Waals surface area (Å²) >= 11 is 0. The topological polar surface area (TPSA) is 103 Å². The third-order valence-electron chi connectivity index (χ3n) is 4.82. The predicted molar refractivity (Wildman–Crippen MR) is 113 cm³/mol. The molecule has 0 aliphatic rings. The first-order chi connectivity index (χ1) is 15.7. The average molecular weight is 479 g/mol. The van der Waals surface area contributed by atoms with Crippen molar-refractivity contribution in [2.75, 3.05) is 11.8 Å². The Morgan fingerprint density at radius 3 is 2.61 bits per heavy atom. The van der Waals surface area contributed by atoms with Gasteiger partial charge in [-0.05, 0) is 35.9 Å². The summed E-state index contributed by atoms with van der Waals surface area (Å²) in [5.74, 6) is -0.929. The fourth-order valence-electron chi connectivity index (χ4n) is 3.35. The minimum absolute atomic E-state index is 0.00560. The number of aromatic nitrogens is 2. The Bertz CT molecular complexity index is 1490. The van der Waals surface area contributed by atoms with E-state index in [0.29, 0.717) is 5.39 Å². The molecule has 0 saturated heterocycles. The number of alkyl halides is 2. The Morgan fingerprint density at radius 1 is 1.15 bits per heavy atom. The number of ether oxygens (including phenoxy) is 1. The molecule has 0 bridgehead atoms. The third kappa shape index (κ3) is 4.42. The van der Waals surface area contributed by atoms with Gasteiger partial charge in [0.25, 0.3) is 15.6 Å². The SMILES string of the molecule is COc1cc(CC(F)F)c(F)cc1-n1c(=O)ccc2cc(S(=O)(=O)Nc3ccon3)ccc21. The van der Waals surface area contributed by atoms with Crippen LogP contribution in [0.25, 0.3) is 16.6 Å². The van der Waals surface area contributed by atoms with Crippen molar-refractivity contribution in [2.24, 2.45) is 0 Å². The van der Waals surface area contributed by atoms with Crippen LogP contribution >= 0.6 is 0 Å². The monoisotopic (exact) mass is 479 g/mol. The quantitative estimate of drug-likeness (QED) is 0.433. The van der Waals surface area contributed by atoms with Crippen LogP contribution in [-0.4, -0.2) is 31.7 Å². The van der Waals surface area contributed by atoms with Gasteiger partial charge in [-0.15, -0.1) is 0 Å². The van der Waals surface area contributed by atoms with Crippen LogP contribution in [0.5, 0.6) is 5.75 Å². The lowest BCUT2D eigenvalue weighted by molar-refractivity contribution is 0.147. The lowest BCUT2D eigenvalue weighted by Gasteiger charge is -2.16. The number of fused-ring (bicyclic) bond motifs is 1. The standard InChI is InChI=1S/C21H16F3N3O5S/c1-31-18-9-13(10-19(23)24)15(22)11-17(18)27-16-4-3-14(8-12(16)2-5-21(27)28)33(29,30)26-20-6-7-32-25-20/h2-9,11,19H,10H2,1H3,(H,25,26). The van der Waals surface area contributed by atoms with Crippen LogP contribution in [0, 0.1) is 5.82 Å². The molecule has 2 heterocycles. The maximum absolute atomic E-state index is 14.5. The van der Waals surface area contributed by atoms with Crippen LogP contribution in [-0.2, 0) is 16.4 Å². The van der Waals surface area contributed by atoms with E-state index in [9.17, 15) is 26.4 Å². The number of nitrogens with one attached hydrogen (secondary N) is 1. The van der Waals surface area contributed by atoms with Gasteiger partial charge < -0.3 is 9.26 Å². The number of methoxy groups -OCH3 is 1. The van der Waals surface area contributed by atoms with E-state index in [1.807, 2.05) is 0 Å². The smallest absolute Gasteiger partial charge is 0.263 e. The van der Waals surface area contributed by atoms with Crippen molar-refractivity contribution in [3.63, 3.8) is 0 Å². The Balaban J connectivity index is 1.85. The molecule has 33 heavy (non-hydrogen) atoms. The van der Waals surface area contributed by atoms with Crippen LogP contribution in [0.1, 0.15) is 5.56 Å². The summed E-state index contributed by atoms with van der Waals surface area (Å²) in [4.78, 5) is 12.6. The molecule has 0 fully saturated rings. The highest BCUT2D eigenvalue weighted by molar-refractivity contribution is 7.92. The number of benzene rings is 2. The van der Waals surface area contributed by atoms with Gasteiger partial charge in [0.05, 0.1) is 23.2 Å². The van der Waals surface area contributed by atoms with Gasteiger partial charge in [0.15, 0.2) is 5.82 Å². The van der Waals surface area contributed by atoms with Gasteiger partial charge in [0.2, 0.25) is 6.43 Å². The molecule has 0 aliphatic heterocycles. The second-order valence-electron chi connectivity index (χ2n) is 6.93. The second-order valence-corrected chi connectivity index (χ2v) is 8.61.